The van der Waals surface area contributed by atoms with Crippen molar-refractivity contribution in [3.63, 3.8) is 0 Å². The van der Waals surface area contributed by atoms with Crippen molar-refractivity contribution in [3.8, 4) is 0 Å². The number of hydrogen-bond donors (Lipinski definition) is 1. The third-order valence-electron chi connectivity index (χ3n) is 2.92. The molecule has 2 rings (SSSR count). The standard InChI is InChI=1S/C15H19NO3/c1-15(2,3)14(17)16-10-11(12-6-4-8-18-12)13-7-5-9-19-13/h4-9,11H,10H2,1-3H3,(H,16,17). The number of furan rings is 2. The molecule has 0 aliphatic heterocycles. The number of hydrogen-bond acceptors (Lipinski definition) is 3. The van der Waals surface area contributed by atoms with Gasteiger partial charge in [-0.25, -0.2) is 0 Å². The van der Waals surface area contributed by atoms with E-state index in [1.54, 1.807) is 12.5 Å². The molecular formula is C15H19NO3. The van der Waals surface area contributed by atoms with Crippen LogP contribution in [0.1, 0.15) is 38.2 Å². The highest BCUT2D eigenvalue weighted by Gasteiger charge is 2.25. The molecule has 0 fully saturated rings. The minimum atomic E-state index is -0.406. The number of nitrogens with one attached hydrogen (secondary N) is 1. The van der Waals surface area contributed by atoms with E-state index in [2.05, 4.69) is 5.32 Å². The van der Waals surface area contributed by atoms with Crippen LogP contribution in [0.2, 0.25) is 0 Å². The molecule has 19 heavy (non-hydrogen) atoms. The molecule has 0 atom stereocenters. The van der Waals surface area contributed by atoms with E-state index in [1.807, 2.05) is 45.0 Å². The summed E-state index contributed by atoms with van der Waals surface area (Å²) in [5.74, 6) is 1.47. The van der Waals surface area contributed by atoms with Gasteiger partial charge in [-0.2, -0.15) is 0 Å². The number of rotatable bonds is 4. The Kier molecular flexibility index (Phi) is 3.79. The summed E-state index contributed by atoms with van der Waals surface area (Å²) in [4.78, 5) is 11.9. The molecule has 0 aliphatic rings. The fourth-order valence-corrected chi connectivity index (χ4v) is 1.78. The zero-order valence-corrected chi connectivity index (χ0v) is 11.5. The van der Waals surface area contributed by atoms with E-state index < -0.39 is 5.41 Å². The number of amides is 1. The van der Waals surface area contributed by atoms with Crippen molar-refractivity contribution in [2.45, 2.75) is 26.7 Å². The predicted octanol–water partition coefficient (Wildman–Crippen LogP) is 3.17. The molecular weight excluding hydrogens is 242 g/mol. The van der Waals surface area contributed by atoms with E-state index in [9.17, 15) is 4.79 Å². The minimum absolute atomic E-state index is 0.00983. The maximum Gasteiger partial charge on any atom is 0.225 e. The smallest absolute Gasteiger partial charge is 0.225 e. The molecule has 1 N–H and O–H groups in total. The first-order valence-corrected chi connectivity index (χ1v) is 6.33. The van der Waals surface area contributed by atoms with Gasteiger partial charge in [0.2, 0.25) is 5.91 Å². The maximum absolute atomic E-state index is 11.9. The molecule has 2 heterocycles. The van der Waals surface area contributed by atoms with Crippen molar-refractivity contribution in [3.05, 3.63) is 48.3 Å². The molecule has 0 saturated carbocycles. The summed E-state index contributed by atoms with van der Waals surface area (Å²) in [5.41, 5.74) is -0.406. The van der Waals surface area contributed by atoms with Crippen molar-refractivity contribution in [2.24, 2.45) is 5.41 Å². The molecule has 0 radical (unpaired) electrons. The fraction of sp³-hybridized carbons (Fsp3) is 0.400. The first-order chi connectivity index (χ1) is 8.98. The second-order valence-corrected chi connectivity index (χ2v) is 5.54. The van der Waals surface area contributed by atoms with Gasteiger partial charge in [0.25, 0.3) is 0 Å². The lowest BCUT2D eigenvalue weighted by Crippen LogP contribution is -2.37. The normalized spacial score (nSPS) is 11.8. The highest BCUT2D eigenvalue weighted by Crippen LogP contribution is 2.25. The van der Waals surface area contributed by atoms with E-state index in [4.69, 9.17) is 8.83 Å². The highest BCUT2D eigenvalue weighted by atomic mass is 16.3. The van der Waals surface area contributed by atoms with Crippen molar-refractivity contribution in [1.29, 1.82) is 0 Å². The average molecular weight is 261 g/mol. The first kappa shape index (κ1) is 13.5. The molecule has 2 aromatic rings. The summed E-state index contributed by atoms with van der Waals surface area (Å²) in [6, 6.07) is 7.43. The van der Waals surface area contributed by atoms with Gasteiger partial charge in [-0.3, -0.25) is 4.79 Å². The van der Waals surface area contributed by atoms with Gasteiger partial charge in [0.1, 0.15) is 11.5 Å². The molecule has 0 unspecified atom stereocenters. The maximum atomic E-state index is 11.9. The van der Waals surface area contributed by atoms with Gasteiger partial charge in [0.15, 0.2) is 0 Å². The predicted molar refractivity (Wildman–Crippen MR) is 71.7 cm³/mol. The molecule has 0 aliphatic carbocycles. The van der Waals surface area contributed by atoms with Gasteiger partial charge in [-0.05, 0) is 24.3 Å². The highest BCUT2D eigenvalue weighted by molar-refractivity contribution is 5.81. The Morgan fingerprint density at radius 1 is 1.16 bits per heavy atom. The van der Waals surface area contributed by atoms with Gasteiger partial charge in [-0.15, -0.1) is 0 Å². The second-order valence-electron chi connectivity index (χ2n) is 5.54. The molecule has 0 aromatic carbocycles. The SMILES string of the molecule is CC(C)(C)C(=O)NCC(c1ccco1)c1ccco1. The van der Waals surface area contributed by atoms with Gasteiger partial charge in [0, 0.05) is 12.0 Å². The van der Waals surface area contributed by atoms with Crippen LogP contribution >= 0.6 is 0 Å². The van der Waals surface area contributed by atoms with Crippen LogP contribution in [-0.2, 0) is 4.79 Å². The first-order valence-electron chi connectivity index (χ1n) is 6.33. The lowest BCUT2D eigenvalue weighted by Gasteiger charge is -2.20. The van der Waals surface area contributed by atoms with Crippen molar-refractivity contribution >= 4 is 5.91 Å². The summed E-state index contributed by atoms with van der Waals surface area (Å²) in [5, 5.41) is 2.94. The largest absolute Gasteiger partial charge is 0.469 e. The van der Waals surface area contributed by atoms with Gasteiger partial charge < -0.3 is 14.2 Å². The molecule has 2 aromatic heterocycles. The van der Waals surface area contributed by atoms with Gasteiger partial charge >= 0.3 is 0 Å². The third kappa shape index (κ3) is 3.28. The van der Waals surface area contributed by atoms with Crippen LogP contribution in [0.15, 0.2) is 45.6 Å². The molecule has 4 heteroatoms. The molecule has 4 nitrogen and oxygen atoms in total. The Balaban J connectivity index is 2.10. The molecule has 1 amide bonds. The second kappa shape index (κ2) is 5.34. The van der Waals surface area contributed by atoms with Crippen LogP contribution in [-0.4, -0.2) is 12.5 Å². The Bertz CT molecular complexity index is 472. The van der Waals surface area contributed by atoms with Crippen molar-refractivity contribution in [2.75, 3.05) is 6.54 Å². The topological polar surface area (TPSA) is 55.4 Å². The quantitative estimate of drug-likeness (QED) is 0.919. The van der Waals surface area contributed by atoms with Crippen LogP contribution in [0, 0.1) is 5.41 Å². The summed E-state index contributed by atoms with van der Waals surface area (Å²) >= 11 is 0. The van der Waals surface area contributed by atoms with Crippen LogP contribution in [0.25, 0.3) is 0 Å². The minimum Gasteiger partial charge on any atom is -0.469 e. The van der Waals surface area contributed by atoms with Gasteiger partial charge in [0.05, 0.1) is 18.4 Å². The lowest BCUT2D eigenvalue weighted by molar-refractivity contribution is -0.128. The van der Waals surface area contributed by atoms with Crippen molar-refractivity contribution < 1.29 is 13.6 Å². The number of carbonyl (C=O) groups excluding carboxylic acids is 1. The van der Waals surface area contributed by atoms with E-state index in [-0.39, 0.29) is 11.8 Å². The van der Waals surface area contributed by atoms with Crippen LogP contribution in [0.4, 0.5) is 0 Å². The Labute approximate surface area is 112 Å². The van der Waals surface area contributed by atoms with Gasteiger partial charge in [-0.1, -0.05) is 20.8 Å². The van der Waals surface area contributed by atoms with E-state index >= 15 is 0 Å². The fourth-order valence-electron chi connectivity index (χ4n) is 1.78. The summed E-state index contributed by atoms with van der Waals surface area (Å²) < 4.78 is 10.9. The average Bonchev–Trinajstić information content (AvgIpc) is 3.00. The Morgan fingerprint density at radius 2 is 1.68 bits per heavy atom. The van der Waals surface area contributed by atoms with E-state index in [1.165, 1.54) is 0 Å². The zero-order valence-electron chi connectivity index (χ0n) is 11.5. The summed E-state index contributed by atoms with van der Waals surface area (Å²) in [7, 11) is 0. The van der Waals surface area contributed by atoms with E-state index in [0.29, 0.717) is 6.54 Å². The Hall–Kier alpha value is -1.97. The van der Waals surface area contributed by atoms with Crippen molar-refractivity contribution in [1.82, 2.24) is 5.32 Å². The lowest BCUT2D eigenvalue weighted by atomic mass is 9.95. The van der Waals surface area contributed by atoms with Crippen LogP contribution in [0.5, 0.6) is 0 Å². The zero-order chi connectivity index (χ0) is 13.9. The van der Waals surface area contributed by atoms with Crippen LogP contribution < -0.4 is 5.32 Å². The summed E-state index contributed by atoms with van der Waals surface area (Å²) in [6.45, 7) is 6.11. The number of carbonyl (C=O) groups is 1. The molecule has 0 saturated heterocycles. The molecule has 102 valence electrons. The summed E-state index contributed by atoms with van der Waals surface area (Å²) in [6.07, 6.45) is 3.24. The monoisotopic (exact) mass is 261 g/mol. The third-order valence-corrected chi connectivity index (χ3v) is 2.92. The van der Waals surface area contributed by atoms with Crippen LogP contribution in [0.3, 0.4) is 0 Å². The molecule has 0 spiro atoms. The van der Waals surface area contributed by atoms with E-state index in [0.717, 1.165) is 11.5 Å². The Morgan fingerprint density at radius 3 is 2.05 bits per heavy atom. The molecule has 0 bridgehead atoms.